The summed E-state index contributed by atoms with van der Waals surface area (Å²) in [5, 5.41) is 11.3. The van der Waals surface area contributed by atoms with Crippen LogP contribution < -0.4 is 65.5 Å². The van der Waals surface area contributed by atoms with E-state index in [0.29, 0.717) is 4.31 Å². The number of nitrogens with one attached hydrogen (secondary N) is 1. The molecule has 0 radical (unpaired) electrons. The van der Waals surface area contributed by atoms with Crippen LogP contribution in [0.25, 0.3) is 0 Å². The van der Waals surface area contributed by atoms with Crippen LogP contribution in [-0.2, 0) is 15.0 Å². The van der Waals surface area contributed by atoms with Crippen molar-refractivity contribution in [3.8, 4) is 5.75 Å². The molecule has 0 aliphatic carbocycles. The van der Waals surface area contributed by atoms with Crippen molar-refractivity contribution in [2.24, 2.45) is 0 Å². The van der Waals surface area contributed by atoms with Crippen LogP contribution in [0.1, 0.15) is 0 Å². The number of halogens is 1. The zero-order valence-electron chi connectivity index (χ0n) is 8.81. The minimum Gasteiger partial charge on any atom is -0.871 e. The number of hydrogen-bond acceptors (Lipinski definition) is 4. The van der Waals surface area contributed by atoms with Gasteiger partial charge in [-0.15, -0.1) is 0 Å². The molecule has 1 heterocycles. The number of hydrogen-bond donors (Lipinski definition) is 1. The van der Waals surface area contributed by atoms with E-state index in [4.69, 9.17) is 0 Å². The number of benzene rings is 1. The molecular weight excluding hydrogens is 278 g/mol. The molecule has 17 heavy (non-hydrogen) atoms. The van der Waals surface area contributed by atoms with E-state index in [2.05, 4.69) is 0 Å². The van der Waals surface area contributed by atoms with Gasteiger partial charge in [0.1, 0.15) is 12.4 Å². The van der Waals surface area contributed by atoms with Gasteiger partial charge in [-0.1, -0.05) is 17.9 Å². The van der Waals surface area contributed by atoms with Gasteiger partial charge < -0.3 is 5.11 Å². The SMILES string of the molecule is O=C1CN(c2c([O-])cccc2F)S(=O)(=O)N1.[K+]. The van der Waals surface area contributed by atoms with Gasteiger partial charge in [0.15, 0.2) is 0 Å². The summed E-state index contributed by atoms with van der Waals surface area (Å²) < 4.78 is 38.1. The Morgan fingerprint density at radius 2 is 2.06 bits per heavy atom. The van der Waals surface area contributed by atoms with E-state index >= 15 is 0 Å². The van der Waals surface area contributed by atoms with E-state index in [1.54, 1.807) is 4.72 Å². The van der Waals surface area contributed by atoms with Crippen molar-refractivity contribution in [2.45, 2.75) is 0 Å². The number of amides is 1. The van der Waals surface area contributed by atoms with Crippen LogP contribution >= 0.6 is 0 Å². The predicted octanol–water partition coefficient (Wildman–Crippen LogP) is -3.92. The van der Waals surface area contributed by atoms with Crippen LogP contribution in [0.4, 0.5) is 10.1 Å². The van der Waals surface area contributed by atoms with E-state index in [-0.39, 0.29) is 51.4 Å². The fraction of sp³-hybridized carbons (Fsp3) is 0.125. The van der Waals surface area contributed by atoms with Crippen LogP contribution in [0.2, 0.25) is 0 Å². The van der Waals surface area contributed by atoms with E-state index in [1.807, 2.05) is 0 Å². The summed E-state index contributed by atoms with van der Waals surface area (Å²) in [7, 11) is -4.14. The van der Waals surface area contributed by atoms with Gasteiger partial charge in [0.2, 0.25) is 0 Å². The second-order valence-corrected chi connectivity index (χ2v) is 4.72. The van der Waals surface area contributed by atoms with Crippen LogP contribution in [0.3, 0.4) is 0 Å². The molecule has 1 amide bonds. The molecule has 2 rings (SSSR count). The number of rotatable bonds is 1. The Bertz CT molecular complexity index is 542. The summed E-state index contributed by atoms with van der Waals surface area (Å²) in [6.07, 6.45) is 0. The van der Waals surface area contributed by atoms with Gasteiger partial charge in [-0.2, -0.15) is 8.42 Å². The fourth-order valence-corrected chi connectivity index (χ4v) is 2.55. The third-order valence-corrected chi connectivity index (χ3v) is 3.40. The summed E-state index contributed by atoms with van der Waals surface area (Å²) in [6.45, 7) is -0.585. The normalized spacial score (nSPS) is 17.5. The number of nitrogens with zero attached hydrogens (tertiary/aromatic N) is 1. The van der Waals surface area contributed by atoms with Crippen molar-refractivity contribution in [3.05, 3.63) is 24.0 Å². The molecule has 86 valence electrons. The molecule has 1 aromatic rings. The average Bonchev–Trinajstić information content (AvgIpc) is 2.39. The standard InChI is InChI=1S/C8H7FN2O4S.K/c9-5-2-1-3-6(12)8(5)11-4-7(13)10-16(11,14)15;/h1-3,12H,4H2,(H,10,13);/q;+1/p-1. The molecular formula is C8H6FKN2O4S. The minimum atomic E-state index is -4.14. The first-order valence-corrected chi connectivity index (χ1v) is 5.64. The Morgan fingerprint density at radius 3 is 2.53 bits per heavy atom. The fourth-order valence-electron chi connectivity index (χ4n) is 1.38. The van der Waals surface area contributed by atoms with Gasteiger partial charge in [0.25, 0.3) is 5.91 Å². The smallest absolute Gasteiger partial charge is 0.871 e. The van der Waals surface area contributed by atoms with Crippen molar-refractivity contribution in [1.82, 2.24) is 4.72 Å². The molecule has 1 aliphatic rings. The minimum absolute atomic E-state index is 0. The quantitative estimate of drug-likeness (QED) is 0.534. The van der Waals surface area contributed by atoms with Crippen molar-refractivity contribution in [1.29, 1.82) is 0 Å². The number of para-hydroxylation sites is 1. The molecule has 0 bridgehead atoms. The first-order valence-electron chi connectivity index (χ1n) is 4.20. The third-order valence-electron chi connectivity index (χ3n) is 2.02. The maximum atomic E-state index is 13.3. The van der Waals surface area contributed by atoms with Crippen molar-refractivity contribution in [3.63, 3.8) is 0 Å². The third kappa shape index (κ3) is 2.80. The summed E-state index contributed by atoms with van der Waals surface area (Å²) in [6, 6.07) is 3.14. The summed E-state index contributed by atoms with van der Waals surface area (Å²) in [5.74, 6) is -2.57. The molecule has 1 saturated heterocycles. The molecule has 0 saturated carbocycles. The van der Waals surface area contributed by atoms with Crippen molar-refractivity contribution >= 4 is 21.8 Å². The first kappa shape index (κ1) is 14.9. The molecule has 0 aromatic heterocycles. The Labute approximate surface area is 139 Å². The summed E-state index contributed by atoms with van der Waals surface area (Å²) in [5.41, 5.74) is -0.638. The molecule has 1 fully saturated rings. The monoisotopic (exact) mass is 284 g/mol. The molecule has 1 aliphatic heterocycles. The Kier molecular flexibility index (Phi) is 4.55. The molecule has 9 heteroatoms. The number of carbonyl (C=O) groups excluding carboxylic acids is 1. The largest absolute Gasteiger partial charge is 1.00 e. The topological polar surface area (TPSA) is 89.5 Å². The molecule has 1 aromatic carbocycles. The van der Waals surface area contributed by atoms with Gasteiger partial charge in [-0.05, 0) is 6.07 Å². The molecule has 0 unspecified atom stereocenters. The molecule has 6 nitrogen and oxygen atoms in total. The predicted molar refractivity (Wildman–Crippen MR) is 50.3 cm³/mol. The van der Waals surface area contributed by atoms with Gasteiger partial charge in [0, 0.05) is 0 Å². The zero-order valence-corrected chi connectivity index (χ0v) is 12.7. The van der Waals surface area contributed by atoms with Crippen LogP contribution in [0.5, 0.6) is 5.75 Å². The Hall–Kier alpha value is -0.194. The number of anilines is 1. The van der Waals surface area contributed by atoms with Gasteiger partial charge in [0.05, 0.1) is 5.69 Å². The summed E-state index contributed by atoms with van der Waals surface area (Å²) in [4.78, 5) is 10.9. The van der Waals surface area contributed by atoms with Gasteiger partial charge >= 0.3 is 61.6 Å². The Morgan fingerprint density at radius 1 is 1.41 bits per heavy atom. The maximum Gasteiger partial charge on any atom is 1.00 e. The zero-order chi connectivity index (χ0) is 11.9. The first-order chi connectivity index (χ1) is 7.42. The van der Waals surface area contributed by atoms with E-state index < -0.39 is 39.9 Å². The van der Waals surface area contributed by atoms with E-state index in [0.717, 1.165) is 12.1 Å². The summed E-state index contributed by atoms with van der Waals surface area (Å²) >= 11 is 0. The van der Waals surface area contributed by atoms with Crippen molar-refractivity contribution < 1.29 is 74.1 Å². The molecule has 1 N–H and O–H groups in total. The van der Waals surface area contributed by atoms with E-state index in [1.165, 1.54) is 6.07 Å². The van der Waals surface area contributed by atoms with Crippen molar-refractivity contribution in [2.75, 3.05) is 10.8 Å². The average molecular weight is 284 g/mol. The second-order valence-electron chi connectivity index (χ2n) is 3.12. The van der Waals surface area contributed by atoms with E-state index in [9.17, 15) is 22.7 Å². The molecule has 0 spiro atoms. The van der Waals surface area contributed by atoms with Crippen LogP contribution in [-0.4, -0.2) is 20.9 Å². The maximum absolute atomic E-state index is 13.3. The second kappa shape index (κ2) is 5.20. The Balaban J connectivity index is 0.00000144. The van der Waals surface area contributed by atoms with Gasteiger partial charge in [-0.3, -0.25) is 4.79 Å². The van der Waals surface area contributed by atoms with Crippen LogP contribution in [0.15, 0.2) is 18.2 Å². The number of carbonyl (C=O) groups is 1. The molecule has 0 atom stereocenters. The van der Waals surface area contributed by atoms with Gasteiger partial charge in [-0.25, -0.2) is 13.4 Å². The van der Waals surface area contributed by atoms with Crippen LogP contribution in [0, 0.1) is 5.82 Å².